The molecule has 0 bridgehead atoms. The van der Waals surface area contributed by atoms with Gasteiger partial charge in [-0.2, -0.15) is 0 Å². The lowest BCUT2D eigenvalue weighted by Crippen LogP contribution is -2.41. The van der Waals surface area contributed by atoms with E-state index in [1.807, 2.05) is 37.3 Å². The van der Waals surface area contributed by atoms with E-state index in [9.17, 15) is 9.90 Å². The summed E-state index contributed by atoms with van der Waals surface area (Å²) in [6.07, 6.45) is 4.23. The van der Waals surface area contributed by atoms with Gasteiger partial charge in [-0.25, -0.2) is 0 Å². The van der Waals surface area contributed by atoms with Gasteiger partial charge in [0.2, 0.25) is 5.91 Å². The standard InChI is InChI=1S/C30H47N3O5/c1-21(2)24(18-23-10-11-28(37-5)29(19-23)38-16-8-15-36-4)20-26(31)27(34)17-22(3)30(35)33-14-12-25-9-6-7-13-32-25/h6-7,9-11,13,19,21-22,24,26-27,34H,8,12,14-18,20,31H2,1-5H3,(H,33,35)/t22-,24+,26+,27+/m1/s1. The zero-order valence-corrected chi connectivity index (χ0v) is 23.7. The Kier molecular flexibility index (Phi) is 14.1. The molecule has 8 nitrogen and oxygen atoms in total. The minimum atomic E-state index is -0.761. The molecule has 38 heavy (non-hydrogen) atoms. The van der Waals surface area contributed by atoms with Gasteiger partial charge in [-0.1, -0.05) is 32.9 Å². The van der Waals surface area contributed by atoms with Crippen molar-refractivity contribution in [3.8, 4) is 11.5 Å². The SMILES string of the molecule is COCCCOc1cc(C[C@@H](C[C@H](N)[C@@H](O)C[C@@H](C)C(=O)NCCc2ccccn2)C(C)C)ccc1OC. The van der Waals surface area contributed by atoms with Gasteiger partial charge in [0.05, 0.1) is 19.8 Å². The largest absolute Gasteiger partial charge is 0.493 e. The molecule has 0 aliphatic carbocycles. The Hall–Kier alpha value is -2.68. The van der Waals surface area contributed by atoms with E-state index in [-0.39, 0.29) is 17.7 Å². The number of hydrogen-bond acceptors (Lipinski definition) is 7. The number of nitrogens with zero attached hydrogens (tertiary/aromatic N) is 1. The monoisotopic (exact) mass is 529 g/mol. The fraction of sp³-hybridized carbons (Fsp3) is 0.600. The van der Waals surface area contributed by atoms with E-state index >= 15 is 0 Å². The van der Waals surface area contributed by atoms with E-state index in [1.54, 1.807) is 20.4 Å². The van der Waals surface area contributed by atoms with Gasteiger partial charge in [0.15, 0.2) is 11.5 Å². The summed E-state index contributed by atoms with van der Waals surface area (Å²) in [6, 6.07) is 11.3. The molecule has 1 aromatic carbocycles. The zero-order chi connectivity index (χ0) is 27.9. The number of aliphatic hydroxyl groups is 1. The van der Waals surface area contributed by atoms with Crippen LogP contribution in [0.1, 0.15) is 51.3 Å². The third-order valence-corrected chi connectivity index (χ3v) is 6.94. The molecule has 1 aromatic heterocycles. The number of nitrogens with one attached hydrogen (secondary N) is 1. The van der Waals surface area contributed by atoms with Crippen molar-refractivity contribution in [1.82, 2.24) is 10.3 Å². The van der Waals surface area contributed by atoms with Gasteiger partial charge in [-0.05, 0) is 60.9 Å². The van der Waals surface area contributed by atoms with Crippen molar-refractivity contribution >= 4 is 5.91 Å². The van der Waals surface area contributed by atoms with Crippen molar-refractivity contribution in [2.75, 3.05) is 34.0 Å². The maximum Gasteiger partial charge on any atom is 0.222 e. The number of aromatic nitrogens is 1. The molecule has 0 unspecified atom stereocenters. The molecule has 0 fully saturated rings. The van der Waals surface area contributed by atoms with Crippen molar-refractivity contribution < 1.29 is 24.1 Å². The molecule has 0 radical (unpaired) electrons. The predicted molar refractivity (Wildman–Crippen MR) is 150 cm³/mol. The van der Waals surface area contributed by atoms with Crippen molar-refractivity contribution in [2.24, 2.45) is 23.5 Å². The zero-order valence-electron chi connectivity index (χ0n) is 23.7. The van der Waals surface area contributed by atoms with Crippen LogP contribution >= 0.6 is 0 Å². The Morgan fingerprint density at radius 3 is 2.53 bits per heavy atom. The van der Waals surface area contributed by atoms with E-state index in [2.05, 4.69) is 30.2 Å². The number of rotatable bonds is 18. The summed E-state index contributed by atoms with van der Waals surface area (Å²) >= 11 is 0. The number of amides is 1. The fourth-order valence-electron chi connectivity index (χ4n) is 4.42. The highest BCUT2D eigenvalue weighted by Crippen LogP contribution is 2.31. The van der Waals surface area contributed by atoms with E-state index in [0.29, 0.717) is 50.7 Å². The number of hydrogen-bond donors (Lipinski definition) is 3. The Bertz CT molecular complexity index is 941. The van der Waals surface area contributed by atoms with E-state index in [4.69, 9.17) is 19.9 Å². The van der Waals surface area contributed by atoms with Crippen LogP contribution in [0.3, 0.4) is 0 Å². The molecule has 212 valence electrons. The lowest BCUT2D eigenvalue weighted by molar-refractivity contribution is -0.125. The number of nitrogens with two attached hydrogens (primary N) is 1. The van der Waals surface area contributed by atoms with Crippen molar-refractivity contribution in [1.29, 1.82) is 0 Å². The summed E-state index contributed by atoms with van der Waals surface area (Å²) < 4.78 is 16.5. The molecular formula is C30H47N3O5. The number of ether oxygens (including phenoxy) is 3. The Balaban J connectivity index is 1.88. The molecule has 1 heterocycles. The first-order valence-electron chi connectivity index (χ1n) is 13.6. The minimum Gasteiger partial charge on any atom is -0.493 e. The smallest absolute Gasteiger partial charge is 0.222 e. The van der Waals surface area contributed by atoms with E-state index in [1.165, 1.54) is 0 Å². The third-order valence-electron chi connectivity index (χ3n) is 6.94. The van der Waals surface area contributed by atoms with Crippen molar-refractivity contribution in [3.63, 3.8) is 0 Å². The number of benzene rings is 1. The highest BCUT2D eigenvalue weighted by atomic mass is 16.5. The Morgan fingerprint density at radius 2 is 1.87 bits per heavy atom. The lowest BCUT2D eigenvalue weighted by Gasteiger charge is -2.28. The Labute approximate surface area is 228 Å². The van der Waals surface area contributed by atoms with Crippen LogP contribution in [0.5, 0.6) is 11.5 Å². The van der Waals surface area contributed by atoms with Gasteiger partial charge >= 0.3 is 0 Å². The van der Waals surface area contributed by atoms with Crippen LogP contribution < -0.4 is 20.5 Å². The quantitative estimate of drug-likeness (QED) is 0.252. The molecule has 2 rings (SSSR count). The molecule has 0 saturated heterocycles. The van der Waals surface area contributed by atoms with E-state index < -0.39 is 12.1 Å². The molecule has 0 saturated carbocycles. The second kappa shape index (κ2) is 17.0. The van der Waals surface area contributed by atoms with Gasteiger partial charge in [0.25, 0.3) is 0 Å². The second-order valence-electron chi connectivity index (χ2n) is 10.4. The van der Waals surface area contributed by atoms with Crippen molar-refractivity contribution in [3.05, 3.63) is 53.9 Å². The molecule has 2 aromatic rings. The van der Waals surface area contributed by atoms with E-state index in [0.717, 1.165) is 29.8 Å². The maximum absolute atomic E-state index is 12.5. The first-order chi connectivity index (χ1) is 18.2. The average molecular weight is 530 g/mol. The highest BCUT2D eigenvalue weighted by molar-refractivity contribution is 5.78. The van der Waals surface area contributed by atoms with Gasteiger partial charge in [0, 0.05) is 57.0 Å². The topological polar surface area (TPSA) is 116 Å². The summed E-state index contributed by atoms with van der Waals surface area (Å²) in [7, 11) is 3.31. The van der Waals surface area contributed by atoms with Crippen LogP contribution in [-0.2, 0) is 22.4 Å². The Morgan fingerprint density at radius 1 is 1.08 bits per heavy atom. The maximum atomic E-state index is 12.5. The van der Waals surface area contributed by atoms with Gasteiger partial charge in [0.1, 0.15) is 0 Å². The molecule has 0 aliphatic rings. The molecule has 4 N–H and O–H groups in total. The molecule has 8 heteroatoms. The predicted octanol–water partition coefficient (Wildman–Crippen LogP) is 3.78. The van der Waals surface area contributed by atoms with Crippen LogP contribution in [0.25, 0.3) is 0 Å². The van der Waals surface area contributed by atoms with Gasteiger partial charge < -0.3 is 30.4 Å². The number of methoxy groups -OCH3 is 2. The molecule has 1 amide bonds. The van der Waals surface area contributed by atoms with Crippen LogP contribution in [-0.4, -0.2) is 62.1 Å². The van der Waals surface area contributed by atoms with Crippen molar-refractivity contribution in [2.45, 2.75) is 65.0 Å². The average Bonchev–Trinajstić information content (AvgIpc) is 2.91. The summed E-state index contributed by atoms with van der Waals surface area (Å²) in [4.78, 5) is 16.8. The third kappa shape index (κ3) is 11.0. The van der Waals surface area contributed by atoms with Gasteiger partial charge in [-0.3, -0.25) is 9.78 Å². The van der Waals surface area contributed by atoms with Crippen LogP contribution in [0.2, 0.25) is 0 Å². The number of aliphatic hydroxyl groups excluding tert-OH is 1. The fourth-order valence-corrected chi connectivity index (χ4v) is 4.42. The summed E-state index contributed by atoms with van der Waals surface area (Å²) in [5.74, 6) is 1.63. The second-order valence-corrected chi connectivity index (χ2v) is 10.4. The van der Waals surface area contributed by atoms with Crippen LogP contribution in [0.15, 0.2) is 42.6 Å². The van der Waals surface area contributed by atoms with Crippen LogP contribution in [0.4, 0.5) is 0 Å². The molecule has 4 atom stereocenters. The minimum absolute atomic E-state index is 0.0798. The molecule has 0 spiro atoms. The lowest BCUT2D eigenvalue weighted by atomic mass is 9.82. The summed E-state index contributed by atoms with van der Waals surface area (Å²) in [6.45, 7) is 7.88. The number of carbonyl (C=O) groups is 1. The molecule has 0 aliphatic heterocycles. The first kappa shape index (κ1) is 31.5. The summed E-state index contributed by atoms with van der Waals surface area (Å²) in [5.41, 5.74) is 8.52. The molecular weight excluding hydrogens is 482 g/mol. The highest BCUT2D eigenvalue weighted by Gasteiger charge is 2.26. The van der Waals surface area contributed by atoms with Crippen LogP contribution in [0, 0.1) is 17.8 Å². The first-order valence-corrected chi connectivity index (χ1v) is 13.6. The van der Waals surface area contributed by atoms with Gasteiger partial charge in [-0.15, -0.1) is 0 Å². The summed E-state index contributed by atoms with van der Waals surface area (Å²) in [5, 5.41) is 13.8. The number of carbonyl (C=O) groups excluding carboxylic acids is 1. The number of pyridine rings is 1. The normalized spacial score (nSPS) is 14.5.